The largest absolute Gasteiger partial charge is 0.370 e. The number of nitrogens with zero attached hydrogens (tertiary/aromatic N) is 5. The monoisotopic (exact) mass is 569 g/mol. The highest BCUT2D eigenvalue weighted by Gasteiger charge is 2.49. The Morgan fingerprint density at radius 2 is 1.64 bits per heavy atom. The lowest BCUT2D eigenvalue weighted by Gasteiger charge is -2.48. The summed E-state index contributed by atoms with van der Waals surface area (Å²) in [6.07, 6.45) is 18.5. The van der Waals surface area contributed by atoms with E-state index in [0.717, 1.165) is 106 Å². The van der Waals surface area contributed by atoms with Crippen molar-refractivity contribution in [1.29, 1.82) is 0 Å². The summed E-state index contributed by atoms with van der Waals surface area (Å²) in [5.41, 5.74) is 1.90. The van der Waals surface area contributed by atoms with Gasteiger partial charge in [0.2, 0.25) is 5.89 Å². The first-order valence-corrected chi connectivity index (χ1v) is 16.6. The van der Waals surface area contributed by atoms with Gasteiger partial charge in [0, 0.05) is 47.0 Å². The third-order valence-electron chi connectivity index (χ3n) is 11.3. The molecular weight excluding hydrogens is 526 g/mol. The van der Waals surface area contributed by atoms with Crippen LogP contribution >= 0.6 is 0 Å². The molecule has 5 aliphatic carbocycles. The number of fused-ring (bicyclic) bond motifs is 2. The molecule has 0 amide bonds. The predicted molar refractivity (Wildman–Crippen MR) is 158 cm³/mol. The van der Waals surface area contributed by atoms with E-state index in [2.05, 4.69) is 39.5 Å². The fraction of sp³-hybridized carbons (Fsp3) is 0.676. The van der Waals surface area contributed by atoms with Crippen LogP contribution in [0.5, 0.6) is 0 Å². The zero-order chi connectivity index (χ0) is 28.1. The van der Waals surface area contributed by atoms with Gasteiger partial charge >= 0.3 is 0 Å². The summed E-state index contributed by atoms with van der Waals surface area (Å²) >= 11 is 0. The van der Waals surface area contributed by atoms with E-state index in [9.17, 15) is 4.79 Å². The number of aromatic nitrogens is 4. The lowest BCUT2D eigenvalue weighted by molar-refractivity contribution is -0.117. The summed E-state index contributed by atoms with van der Waals surface area (Å²) in [5, 5.41) is 8.65. The third kappa shape index (κ3) is 5.09. The van der Waals surface area contributed by atoms with Crippen LogP contribution in [0.25, 0.3) is 11.5 Å². The average molecular weight is 570 g/mol. The summed E-state index contributed by atoms with van der Waals surface area (Å²) in [6, 6.07) is 8.58. The normalized spacial score (nSPS) is 28.9. The maximum absolute atomic E-state index is 12.6. The average Bonchev–Trinajstić information content (AvgIpc) is 3.97. The summed E-state index contributed by atoms with van der Waals surface area (Å²) in [6.45, 7) is 1.74. The zero-order valence-electron chi connectivity index (χ0n) is 24.7. The summed E-state index contributed by atoms with van der Waals surface area (Å²) in [4.78, 5) is 24.8. The van der Waals surface area contributed by atoms with Gasteiger partial charge in [-0.2, -0.15) is 9.97 Å². The molecule has 8 nitrogen and oxygen atoms in total. The molecule has 2 aromatic heterocycles. The Kier molecular flexibility index (Phi) is 6.71. The van der Waals surface area contributed by atoms with Crippen LogP contribution in [-0.4, -0.2) is 39.7 Å². The number of hydrogen-bond acceptors (Lipinski definition) is 8. The maximum atomic E-state index is 12.6. The van der Waals surface area contributed by atoms with Gasteiger partial charge in [-0.25, -0.2) is 0 Å². The zero-order valence-corrected chi connectivity index (χ0v) is 24.7. The molecule has 222 valence electrons. The van der Waals surface area contributed by atoms with Gasteiger partial charge in [-0.1, -0.05) is 48.5 Å². The summed E-state index contributed by atoms with van der Waals surface area (Å²) < 4.78 is 11.6. The Balaban J connectivity index is 1.06. The van der Waals surface area contributed by atoms with Crippen LogP contribution in [-0.2, 0) is 10.2 Å². The Morgan fingerprint density at radius 3 is 2.43 bits per heavy atom. The van der Waals surface area contributed by atoms with Crippen molar-refractivity contribution in [2.45, 2.75) is 114 Å². The third-order valence-corrected chi connectivity index (χ3v) is 11.3. The van der Waals surface area contributed by atoms with E-state index in [0.29, 0.717) is 29.6 Å². The van der Waals surface area contributed by atoms with Crippen LogP contribution < -0.4 is 4.90 Å². The van der Waals surface area contributed by atoms with Crippen molar-refractivity contribution >= 4 is 12.0 Å². The number of aldehydes is 1. The van der Waals surface area contributed by atoms with Crippen LogP contribution in [0, 0.1) is 17.3 Å². The molecular formula is C34H43N5O3. The summed E-state index contributed by atoms with van der Waals surface area (Å²) in [7, 11) is 0. The van der Waals surface area contributed by atoms with Gasteiger partial charge in [0.1, 0.15) is 6.29 Å². The van der Waals surface area contributed by atoms with Crippen LogP contribution in [0.3, 0.4) is 0 Å². The molecule has 5 fully saturated rings. The van der Waals surface area contributed by atoms with E-state index in [1.807, 2.05) is 0 Å². The molecule has 0 N–H and O–H groups in total. The first-order valence-electron chi connectivity index (χ1n) is 16.6. The Hall–Kier alpha value is -3.03. The molecule has 2 heterocycles. The number of carbonyl (C=O) groups is 1. The minimum Gasteiger partial charge on any atom is -0.370 e. The van der Waals surface area contributed by atoms with E-state index in [-0.39, 0.29) is 10.8 Å². The minimum atomic E-state index is -0.272. The molecule has 2 bridgehead atoms. The lowest BCUT2D eigenvalue weighted by Crippen LogP contribution is -2.47. The lowest BCUT2D eigenvalue weighted by atomic mass is 9.58. The summed E-state index contributed by atoms with van der Waals surface area (Å²) in [5.74, 6) is 5.47. The highest BCUT2D eigenvalue weighted by Crippen LogP contribution is 2.53. The molecule has 8 rings (SSSR count). The molecule has 0 spiro atoms. The van der Waals surface area contributed by atoms with Gasteiger partial charge in [-0.3, -0.25) is 0 Å². The predicted octanol–water partition coefficient (Wildman–Crippen LogP) is 7.37. The van der Waals surface area contributed by atoms with Gasteiger partial charge in [-0.15, -0.1) is 0 Å². The number of hydrogen-bond donors (Lipinski definition) is 0. The molecule has 3 aromatic rings. The van der Waals surface area contributed by atoms with Crippen molar-refractivity contribution in [3.8, 4) is 11.5 Å². The van der Waals surface area contributed by atoms with Gasteiger partial charge in [0.25, 0.3) is 5.89 Å². The molecule has 0 saturated heterocycles. The fourth-order valence-corrected chi connectivity index (χ4v) is 8.42. The molecule has 5 saturated carbocycles. The minimum absolute atomic E-state index is 0.0505. The van der Waals surface area contributed by atoms with Crippen molar-refractivity contribution in [2.24, 2.45) is 17.3 Å². The molecule has 3 atom stereocenters. The van der Waals surface area contributed by atoms with E-state index in [1.54, 1.807) is 0 Å². The Bertz CT molecular complexity index is 1420. The van der Waals surface area contributed by atoms with E-state index >= 15 is 0 Å². The number of anilines is 1. The topological polar surface area (TPSA) is 98.2 Å². The smallest absolute Gasteiger partial charge is 0.258 e. The van der Waals surface area contributed by atoms with Crippen molar-refractivity contribution in [3.63, 3.8) is 0 Å². The molecule has 3 unspecified atom stereocenters. The standard InChI is InChI=1S/C34H43N5O3/c40-22-33(14-2-1-3-15-33)21-39(28-8-4-6-25(18-28)31-35-29(37-41-31)23-9-10-23)20-27-13-17-34(16-5-7-26(27)19-34)32-36-30(38-42-32)24-11-12-24/h4,6,8,18,22-24,26-27H,1-3,5,7,9-17,19-21H2. The van der Waals surface area contributed by atoms with Crippen LogP contribution in [0.1, 0.15) is 126 Å². The molecule has 0 aliphatic heterocycles. The SMILES string of the molecule is O=CC1(CN(CC2CCC3(c4nc(C5CC5)no4)CCCC2C3)c2cccc(-c3nc(C4CC4)no3)c2)CCCCC1. The molecule has 0 radical (unpaired) electrons. The highest BCUT2D eigenvalue weighted by molar-refractivity contribution is 5.65. The van der Waals surface area contributed by atoms with E-state index in [4.69, 9.17) is 19.0 Å². The first-order chi connectivity index (χ1) is 20.6. The molecule has 1 aromatic carbocycles. The Morgan fingerprint density at radius 1 is 0.857 bits per heavy atom. The van der Waals surface area contributed by atoms with E-state index in [1.165, 1.54) is 38.4 Å². The molecule has 5 aliphatic rings. The van der Waals surface area contributed by atoms with Gasteiger partial charge in [-0.05, 0) is 94.2 Å². The van der Waals surface area contributed by atoms with Gasteiger partial charge in [0.15, 0.2) is 11.6 Å². The second kappa shape index (κ2) is 10.6. The van der Waals surface area contributed by atoms with Crippen molar-refractivity contribution < 1.29 is 13.8 Å². The Labute approximate surface area is 248 Å². The van der Waals surface area contributed by atoms with Crippen molar-refractivity contribution in [2.75, 3.05) is 18.0 Å². The van der Waals surface area contributed by atoms with Crippen molar-refractivity contribution in [3.05, 3.63) is 41.8 Å². The van der Waals surface area contributed by atoms with Gasteiger partial charge in [0.05, 0.1) is 0 Å². The number of carbonyl (C=O) groups excluding carboxylic acids is 1. The first kappa shape index (κ1) is 26.6. The van der Waals surface area contributed by atoms with Crippen LogP contribution in [0.2, 0.25) is 0 Å². The highest BCUT2D eigenvalue weighted by atomic mass is 16.5. The quantitative estimate of drug-likeness (QED) is 0.233. The van der Waals surface area contributed by atoms with Crippen molar-refractivity contribution in [1.82, 2.24) is 20.3 Å². The second-order valence-electron chi connectivity index (χ2n) is 14.4. The van der Waals surface area contributed by atoms with Crippen LogP contribution in [0.15, 0.2) is 33.3 Å². The van der Waals surface area contributed by atoms with Crippen LogP contribution in [0.4, 0.5) is 5.69 Å². The van der Waals surface area contributed by atoms with E-state index < -0.39 is 0 Å². The fourth-order valence-electron chi connectivity index (χ4n) is 8.42. The molecule has 42 heavy (non-hydrogen) atoms. The maximum Gasteiger partial charge on any atom is 0.258 e. The number of benzene rings is 1. The van der Waals surface area contributed by atoms with Gasteiger partial charge < -0.3 is 18.7 Å². The number of rotatable bonds is 10. The second-order valence-corrected chi connectivity index (χ2v) is 14.4. The molecule has 8 heteroatoms.